The van der Waals surface area contributed by atoms with E-state index in [9.17, 15) is 5.11 Å². The Morgan fingerprint density at radius 2 is 1.83 bits per heavy atom. The van der Waals surface area contributed by atoms with E-state index in [1.807, 2.05) is 0 Å². The average molecular weight is 170 g/mol. The molecule has 5 atom stereocenters. The van der Waals surface area contributed by atoms with E-state index in [1.165, 1.54) is 12.8 Å². The fraction of sp³-hybridized carbons (Fsp3) is 1.00. The van der Waals surface area contributed by atoms with Crippen LogP contribution in [0.2, 0.25) is 0 Å². The minimum Gasteiger partial charge on any atom is -0.374 e. The van der Waals surface area contributed by atoms with Crippen molar-refractivity contribution in [2.75, 3.05) is 6.61 Å². The SMILES string of the molecule is OC1C[C@@H]2[C@H](CO1)[C@H]1CC[C@@H]2O1. The largest absolute Gasteiger partial charge is 0.374 e. The number of rotatable bonds is 0. The Morgan fingerprint density at radius 3 is 2.67 bits per heavy atom. The van der Waals surface area contributed by atoms with E-state index >= 15 is 0 Å². The molecule has 0 aromatic rings. The molecule has 2 bridgehead atoms. The van der Waals surface area contributed by atoms with Gasteiger partial charge in [0.05, 0.1) is 18.8 Å². The van der Waals surface area contributed by atoms with Crippen LogP contribution in [0.4, 0.5) is 0 Å². The van der Waals surface area contributed by atoms with Crippen molar-refractivity contribution >= 4 is 0 Å². The van der Waals surface area contributed by atoms with Crippen molar-refractivity contribution in [3.63, 3.8) is 0 Å². The zero-order chi connectivity index (χ0) is 8.13. The van der Waals surface area contributed by atoms with Gasteiger partial charge in [-0.1, -0.05) is 0 Å². The molecule has 3 saturated heterocycles. The lowest BCUT2D eigenvalue weighted by molar-refractivity contribution is -0.159. The normalized spacial score (nSPS) is 57.2. The van der Waals surface area contributed by atoms with E-state index in [0.29, 0.717) is 30.7 Å². The van der Waals surface area contributed by atoms with Crippen LogP contribution in [0, 0.1) is 11.8 Å². The third kappa shape index (κ3) is 0.873. The van der Waals surface area contributed by atoms with Crippen molar-refractivity contribution in [2.24, 2.45) is 11.8 Å². The number of ether oxygens (including phenoxy) is 2. The quantitative estimate of drug-likeness (QED) is 0.576. The second kappa shape index (κ2) is 2.44. The van der Waals surface area contributed by atoms with Gasteiger partial charge in [0.15, 0.2) is 6.29 Å². The molecule has 0 aromatic heterocycles. The van der Waals surface area contributed by atoms with E-state index in [1.54, 1.807) is 0 Å². The molecule has 3 fully saturated rings. The van der Waals surface area contributed by atoms with Gasteiger partial charge in [0, 0.05) is 12.3 Å². The van der Waals surface area contributed by atoms with Crippen LogP contribution in [-0.2, 0) is 9.47 Å². The van der Waals surface area contributed by atoms with Crippen LogP contribution < -0.4 is 0 Å². The summed E-state index contributed by atoms with van der Waals surface area (Å²) in [5, 5.41) is 9.31. The van der Waals surface area contributed by atoms with Crippen molar-refractivity contribution in [2.45, 2.75) is 37.8 Å². The van der Waals surface area contributed by atoms with E-state index in [4.69, 9.17) is 9.47 Å². The molecule has 3 heteroatoms. The molecule has 0 aliphatic carbocycles. The van der Waals surface area contributed by atoms with Crippen LogP contribution in [0.3, 0.4) is 0 Å². The molecule has 0 spiro atoms. The Morgan fingerprint density at radius 1 is 1.08 bits per heavy atom. The predicted molar refractivity (Wildman–Crippen MR) is 41.5 cm³/mol. The summed E-state index contributed by atoms with van der Waals surface area (Å²) in [6.45, 7) is 0.701. The first-order chi connectivity index (χ1) is 5.84. The van der Waals surface area contributed by atoms with Gasteiger partial charge >= 0.3 is 0 Å². The summed E-state index contributed by atoms with van der Waals surface area (Å²) in [4.78, 5) is 0. The first kappa shape index (κ1) is 7.30. The summed E-state index contributed by atoms with van der Waals surface area (Å²) in [7, 11) is 0. The Bertz CT molecular complexity index is 194. The lowest BCUT2D eigenvalue weighted by atomic mass is 9.76. The van der Waals surface area contributed by atoms with Crippen molar-refractivity contribution in [1.82, 2.24) is 0 Å². The molecule has 0 amide bonds. The molecule has 3 aliphatic rings. The smallest absolute Gasteiger partial charge is 0.154 e. The van der Waals surface area contributed by atoms with Gasteiger partial charge in [-0.2, -0.15) is 0 Å². The van der Waals surface area contributed by atoms with Gasteiger partial charge in [0.2, 0.25) is 0 Å². The highest BCUT2D eigenvalue weighted by Gasteiger charge is 2.51. The second-order valence-corrected chi connectivity index (χ2v) is 4.14. The molecule has 1 unspecified atom stereocenters. The zero-order valence-electron chi connectivity index (χ0n) is 6.98. The van der Waals surface area contributed by atoms with Crippen LogP contribution in [-0.4, -0.2) is 30.2 Å². The first-order valence-electron chi connectivity index (χ1n) is 4.80. The number of aliphatic hydroxyl groups is 1. The van der Waals surface area contributed by atoms with Gasteiger partial charge in [0.1, 0.15) is 0 Å². The molecule has 0 saturated carbocycles. The Kier molecular flexibility index (Phi) is 1.48. The zero-order valence-corrected chi connectivity index (χ0v) is 6.98. The summed E-state index contributed by atoms with van der Waals surface area (Å²) in [5.74, 6) is 1.15. The maximum Gasteiger partial charge on any atom is 0.154 e. The molecule has 0 aromatic carbocycles. The highest BCUT2D eigenvalue weighted by molar-refractivity contribution is 4.97. The highest BCUT2D eigenvalue weighted by Crippen LogP contribution is 2.47. The molecule has 3 rings (SSSR count). The predicted octanol–water partition coefficient (Wildman–Crippen LogP) is 0.519. The van der Waals surface area contributed by atoms with Gasteiger partial charge in [-0.3, -0.25) is 0 Å². The number of aliphatic hydroxyl groups excluding tert-OH is 1. The topological polar surface area (TPSA) is 38.7 Å². The van der Waals surface area contributed by atoms with Crippen molar-refractivity contribution in [3.05, 3.63) is 0 Å². The fourth-order valence-electron chi connectivity index (χ4n) is 2.95. The van der Waals surface area contributed by atoms with E-state index < -0.39 is 6.29 Å². The Labute approximate surface area is 71.7 Å². The number of fused-ring (bicyclic) bond motifs is 5. The molecule has 0 radical (unpaired) electrons. The van der Waals surface area contributed by atoms with Crippen LogP contribution in [0.25, 0.3) is 0 Å². The van der Waals surface area contributed by atoms with Crippen molar-refractivity contribution in [1.29, 1.82) is 0 Å². The third-order valence-electron chi connectivity index (χ3n) is 3.55. The van der Waals surface area contributed by atoms with Crippen LogP contribution in [0.5, 0.6) is 0 Å². The molecule has 1 N–H and O–H groups in total. The summed E-state index contributed by atoms with van der Waals surface area (Å²) in [6.07, 6.45) is 3.51. The lowest BCUT2D eigenvalue weighted by Gasteiger charge is -2.34. The van der Waals surface area contributed by atoms with Crippen LogP contribution in [0.1, 0.15) is 19.3 Å². The summed E-state index contributed by atoms with van der Waals surface area (Å²) >= 11 is 0. The van der Waals surface area contributed by atoms with Gasteiger partial charge in [-0.05, 0) is 18.8 Å². The summed E-state index contributed by atoms with van der Waals surface area (Å²) in [6, 6.07) is 0. The maximum absolute atomic E-state index is 9.31. The first-order valence-corrected chi connectivity index (χ1v) is 4.80. The number of hydrogen-bond donors (Lipinski definition) is 1. The summed E-state index contributed by atoms with van der Waals surface area (Å²) < 4.78 is 11.0. The standard InChI is InChI=1S/C9H14O3/c10-9-3-5-6(4-11-9)8-2-1-7(5)12-8/h5-10H,1-4H2/t5-,6+,7+,8-,9?/m1/s1. The maximum atomic E-state index is 9.31. The van der Waals surface area contributed by atoms with Gasteiger partial charge < -0.3 is 14.6 Å². The molecule has 12 heavy (non-hydrogen) atoms. The van der Waals surface area contributed by atoms with E-state index in [-0.39, 0.29) is 0 Å². The van der Waals surface area contributed by atoms with Crippen molar-refractivity contribution < 1.29 is 14.6 Å². The van der Waals surface area contributed by atoms with Crippen molar-refractivity contribution in [3.8, 4) is 0 Å². The minimum absolute atomic E-state index is 0.429. The van der Waals surface area contributed by atoms with Crippen LogP contribution in [0.15, 0.2) is 0 Å². The summed E-state index contributed by atoms with van der Waals surface area (Å²) in [5.41, 5.74) is 0. The lowest BCUT2D eigenvalue weighted by Crippen LogP contribution is -2.39. The minimum atomic E-state index is -0.533. The van der Waals surface area contributed by atoms with Gasteiger partial charge in [0.25, 0.3) is 0 Å². The molecule has 3 heterocycles. The highest BCUT2D eigenvalue weighted by atomic mass is 16.6. The molecular weight excluding hydrogens is 156 g/mol. The molecular formula is C9H14O3. The molecule has 3 nitrogen and oxygen atoms in total. The van der Waals surface area contributed by atoms with Crippen LogP contribution >= 0.6 is 0 Å². The Balaban J connectivity index is 1.81. The third-order valence-corrected chi connectivity index (χ3v) is 3.55. The van der Waals surface area contributed by atoms with E-state index in [2.05, 4.69) is 0 Å². The Hall–Kier alpha value is -0.120. The second-order valence-electron chi connectivity index (χ2n) is 4.14. The monoisotopic (exact) mass is 170 g/mol. The van der Waals surface area contributed by atoms with Gasteiger partial charge in [-0.15, -0.1) is 0 Å². The molecule has 68 valence electrons. The molecule has 3 aliphatic heterocycles. The fourth-order valence-corrected chi connectivity index (χ4v) is 2.95. The average Bonchev–Trinajstić information content (AvgIpc) is 2.63. The number of hydrogen-bond acceptors (Lipinski definition) is 3. The van der Waals surface area contributed by atoms with E-state index in [0.717, 1.165) is 6.42 Å². The van der Waals surface area contributed by atoms with Gasteiger partial charge in [-0.25, -0.2) is 0 Å².